The minimum atomic E-state index is -0.974. The molecule has 2 heteroatoms. The van der Waals surface area contributed by atoms with Crippen LogP contribution < -0.4 is 5.32 Å². The highest BCUT2D eigenvalue weighted by Crippen LogP contribution is 2.14. The molecule has 22 heavy (non-hydrogen) atoms. The van der Waals surface area contributed by atoms with Crippen molar-refractivity contribution in [1.82, 2.24) is 5.32 Å². The molecule has 0 bridgehead atoms. The molecule has 2 rings (SSSR count). The minimum absolute atomic E-state index is 0.275. The van der Waals surface area contributed by atoms with E-state index in [-0.39, 0.29) is 6.04 Å². The van der Waals surface area contributed by atoms with E-state index in [0.29, 0.717) is 0 Å². The molecule has 0 unspecified atom stereocenters. The molecule has 0 saturated carbocycles. The lowest BCUT2D eigenvalue weighted by Gasteiger charge is -2.15. The molecular formula is C20H23NO. The number of nitrogens with one attached hydrogen (secondary N) is 1. The van der Waals surface area contributed by atoms with Gasteiger partial charge in [-0.15, -0.1) is 0 Å². The van der Waals surface area contributed by atoms with E-state index in [1.165, 1.54) is 5.56 Å². The molecule has 1 atom stereocenters. The first kappa shape index (κ1) is 16.3. The maximum absolute atomic E-state index is 9.75. The Morgan fingerprint density at radius 2 is 1.68 bits per heavy atom. The topological polar surface area (TPSA) is 32.3 Å². The van der Waals surface area contributed by atoms with Crippen molar-refractivity contribution in [2.45, 2.75) is 39.0 Å². The van der Waals surface area contributed by atoms with Crippen LogP contribution in [-0.4, -0.2) is 10.7 Å². The monoisotopic (exact) mass is 293 g/mol. The van der Waals surface area contributed by atoms with Crippen molar-refractivity contribution >= 4 is 0 Å². The van der Waals surface area contributed by atoms with Crippen molar-refractivity contribution < 1.29 is 5.11 Å². The van der Waals surface area contributed by atoms with Crippen LogP contribution in [0, 0.1) is 11.8 Å². The molecule has 0 heterocycles. The summed E-state index contributed by atoms with van der Waals surface area (Å²) in [6.45, 7) is 6.28. The molecule has 2 aromatic rings. The van der Waals surface area contributed by atoms with Crippen molar-refractivity contribution in [2.24, 2.45) is 0 Å². The molecule has 0 aliphatic rings. The fraction of sp³-hybridized carbons (Fsp3) is 0.300. The summed E-state index contributed by atoms with van der Waals surface area (Å²) in [4.78, 5) is 0. The molecule has 0 aliphatic heterocycles. The van der Waals surface area contributed by atoms with Gasteiger partial charge in [0.15, 0.2) is 0 Å². The molecule has 2 aromatic carbocycles. The van der Waals surface area contributed by atoms with Crippen LogP contribution in [0.5, 0.6) is 0 Å². The van der Waals surface area contributed by atoms with Crippen molar-refractivity contribution in [2.75, 3.05) is 0 Å². The van der Waals surface area contributed by atoms with Crippen LogP contribution >= 0.6 is 0 Å². The summed E-state index contributed by atoms with van der Waals surface area (Å²) in [6.07, 6.45) is 0. The lowest BCUT2D eigenvalue weighted by molar-refractivity contribution is 0.143. The van der Waals surface area contributed by atoms with Gasteiger partial charge in [0.1, 0.15) is 5.60 Å². The Balaban J connectivity index is 2.08. The maximum Gasteiger partial charge on any atom is 0.120 e. The molecule has 0 spiro atoms. The quantitative estimate of drug-likeness (QED) is 0.843. The van der Waals surface area contributed by atoms with Gasteiger partial charge in [-0.25, -0.2) is 0 Å². The fourth-order valence-corrected chi connectivity index (χ4v) is 2.14. The van der Waals surface area contributed by atoms with E-state index in [1.54, 1.807) is 13.8 Å². The second-order valence-electron chi connectivity index (χ2n) is 5.98. The van der Waals surface area contributed by atoms with Gasteiger partial charge in [0, 0.05) is 18.2 Å². The summed E-state index contributed by atoms with van der Waals surface area (Å²) in [5, 5.41) is 13.3. The molecule has 2 nitrogen and oxygen atoms in total. The number of hydrogen-bond donors (Lipinski definition) is 2. The highest BCUT2D eigenvalue weighted by Gasteiger charge is 2.08. The van der Waals surface area contributed by atoms with Gasteiger partial charge < -0.3 is 10.4 Å². The van der Waals surface area contributed by atoms with Gasteiger partial charge in [-0.2, -0.15) is 0 Å². The van der Waals surface area contributed by atoms with Gasteiger partial charge >= 0.3 is 0 Å². The number of hydrogen-bond acceptors (Lipinski definition) is 2. The average Bonchev–Trinajstić information content (AvgIpc) is 2.51. The Morgan fingerprint density at radius 1 is 1.05 bits per heavy atom. The second-order valence-corrected chi connectivity index (χ2v) is 5.98. The van der Waals surface area contributed by atoms with Crippen LogP contribution in [0.1, 0.15) is 43.5 Å². The number of aliphatic hydroxyl groups is 1. The second kappa shape index (κ2) is 7.26. The third-order valence-corrected chi connectivity index (χ3v) is 3.42. The average molecular weight is 293 g/mol. The first-order valence-corrected chi connectivity index (χ1v) is 7.57. The lowest BCUT2D eigenvalue weighted by Crippen LogP contribution is -2.18. The van der Waals surface area contributed by atoms with Gasteiger partial charge in [0.2, 0.25) is 0 Å². The molecule has 0 amide bonds. The smallest absolute Gasteiger partial charge is 0.120 e. The zero-order chi connectivity index (χ0) is 16.0. The fourth-order valence-electron chi connectivity index (χ4n) is 2.14. The third kappa shape index (κ3) is 5.04. The summed E-state index contributed by atoms with van der Waals surface area (Å²) in [7, 11) is 0. The summed E-state index contributed by atoms with van der Waals surface area (Å²) in [6, 6.07) is 18.7. The van der Waals surface area contributed by atoms with E-state index >= 15 is 0 Å². The van der Waals surface area contributed by atoms with Crippen molar-refractivity contribution in [3.63, 3.8) is 0 Å². The van der Waals surface area contributed by atoms with Crippen LogP contribution in [0.25, 0.3) is 0 Å². The van der Waals surface area contributed by atoms with Crippen molar-refractivity contribution in [1.29, 1.82) is 0 Å². The first-order valence-electron chi connectivity index (χ1n) is 7.57. The molecule has 2 N–H and O–H groups in total. The van der Waals surface area contributed by atoms with Crippen LogP contribution in [0.15, 0.2) is 54.6 Å². The molecule has 114 valence electrons. The van der Waals surface area contributed by atoms with Crippen molar-refractivity contribution in [3.05, 3.63) is 71.3 Å². The van der Waals surface area contributed by atoms with E-state index in [2.05, 4.69) is 54.4 Å². The molecule has 0 saturated heterocycles. The van der Waals surface area contributed by atoms with Gasteiger partial charge in [-0.3, -0.25) is 0 Å². The first-order chi connectivity index (χ1) is 10.5. The van der Waals surface area contributed by atoms with E-state index in [1.807, 2.05) is 24.3 Å². The summed E-state index contributed by atoms with van der Waals surface area (Å²) >= 11 is 0. The van der Waals surface area contributed by atoms with E-state index in [0.717, 1.165) is 17.7 Å². The molecule has 0 aliphatic carbocycles. The van der Waals surface area contributed by atoms with Crippen LogP contribution in [0.2, 0.25) is 0 Å². The maximum atomic E-state index is 9.75. The summed E-state index contributed by atoms with van der Waals surface area (Å²) < 4.78 is 0. The van der Waals surface area contributed by atoms with Crippen LogP contribution in [0.3, 0.4) is 0 Å². The number of benzene rings is 2. The van der Waals surface area contributed by atoms with E-state index in [9.17, 15) is 5.11 Å². The Morgan fingerprint density at radius 3 is 2.36 bits per heavy atom. The Kier molecular flexibility index (Phi) is 5.38. The Hall–Kier alpha value is -2.08. The predicted molar refractivity (Wildman–Crippen MR) is 91.3 cm³/mol. The zero-order valence-corrected chi connectivity index (χ0v) is 13.4. The molecular weight excluding hydrogens is 270 g/mol. The van der Waals surface area contributed by atoms with E-state index in [4.69, 9.17) is 0 Å². The minimum Gasteiger partial charge on any atom is -0.378 e. The van der Waals surface area contributed by atoms with Gasteiger partial charge in [0.25, 0.3) is 0 Å². The summed E-state index contributed by atoms with van der Waals surface area (Å²) in [5.74, 6) is 5.95. The molecule has 0 fully saturated rings. The Labute approximate surface area is 133 Å². The molecule has 0 radical (unpaired) electrons. The third-order valence-electron chi connectivity index (χ3n) is 3.42. The largest absolute Gasteiger partial charge is 0.378 e. The zero-order valence-electron chi connectivity index (χ0n) is 13.4. The van der Waals surface area contributed by atoms with Crippen molar-refractivity contribution in [3.8, 4) is 11.8 Å². The number of rotatable bonds is 4. The predicted octanol–water partition coefficient (Wildman–Crippen LogP) is 3.66. The summed E-state index contributed by atoms with van der Waals surface area (Å²) in [5.41, 5.74) is 2.39. The van der Waals surface area contributed by atoms with Gasteiger partial charge in [-0.1, -0.05) is 60.4 Å². The van der Waals surface area contributed by atoms with Gasteiger partial charge in [0.05, 0.1) is 0 Å². The van der Waals surface area contributed by atoms with Crippen LogP contribution in [0.4, 0.5) is 0 Å². The standard InChI is InChI=1S/C20H23NO/c1-16(17-9-5-4-6-10-17)21-15-19-12-8-7-11-18(19)13-14-20(2,3)22/h4-12,16,21-22H,15H2,1-3H3/t16-/m1/s1. The Bertz CT molecular complexity index is 659. The normalized spacial score (nSPS) is 12.4. The molecule has 0 aromatic heterocycles. The highest BCUT2D eigenvalue weighted by atomic mass is 16.3. The van der Waals surface area contributed by atoms with Crippen LogP contribution in [-0.2, 0) is 6.54 Å². The SMILES string of the molecule is C[C@@H](NCc1ccccc1C#CC(C)(C)O)c1ccccc1. The highest BCUT2D eigenvalue weighted by molar-refractivity contribution is 5.42. The lowest BCUT2D eigenvalue weighted by atomic mass is 10.0. The van der Waals surface area contributed by atoms with E-state index < -0.39 is 5.60 Å². The van der Waals surface area contributed by atoms with Gasteiger partial charge in [-0.05, 0) is 38.0 Å².